The van der Waals surface area contributed by atoms with Crippen LogP contribution in [-0.4, -0.2) is 50.0 Å². The van der Waals surface area contributed by atoms with Crippen LogP contribution in [-0.2, 0) is 25.7 Å². The molecule has 1 aromatic heterocycles. The van der Waals surface area contributed by atoms with Gasteiger partial charge in [-0.3, -0.25) is 9.36 Å². The molecule has 3 aromatic carbocycles. The molecule has 1 aliphatic heterocycles. The molecule has 1 atom stereocenters. The molecule has 0 saturated carbocycles. The highest BCUT2D eigenvalue weighted by Gasteiger charge is 2.34. The molecule has 0 saturated heterocycles. The van der Waals surface area contributed by atoms with Crippen LogP contribution in [0.5, 0.6) is 23.0 Å². The standard InChI is InChI=1S/C37H36BrClN2O9S/c1-6-46-28-18-24(11-14-27(28)49-20-31(42)45-5)33-32(36(44)48-8-3)21(4)40-37-41(33)35(43)30(51-37)17-23-15-26(38)34(29(16-23)47-7-2)50-19-22-9-12-25(39)13-10-22/h9-18,33H,6-8,19-20H2,1-5H3/b30-17+/t33-/m1/s1. The van der Waals surface area contributed by atoms with Crippen LogP contribution in [0.2, 0.25) is 5.02 Å². The molecule has 14 heteroatoms. The van der Waals surface area contributed by atoms with Crippen LogP contribution in [0.25, 0.3) is 6.08 Å². The van der Waals surface area contributed by atoms with Gasteiger partial charge in [0.2, 0.25) is 0 Å². The maximum absolute atomic E-state index is 14.3. The summed E-state index contributed by atoms with van der Waals surface area (Å²) < 4.78 is 36.2. The summed E-state index contributed by atoms with van der Waals surface area (Å²) in [5, 5.41) is 0.637. The normalized spacial score (nSPS) is 14.0. The first kappa shape index (κ1) is 37.7. The van der Waals surface area contributed by atoms with E-state index in [-0.39, 0.29) is 24.3 Å². The van der Waals surface area contributed by atoms with Crippen molar-refractivity contribution in [3.05, 3.63) is 112 Å². The first-order valence-corrected chi connectivity index (χ1v) is 18.1. The fraction of sp³-hybridized carbons (Fsp3) is 0.297. The number of thiazole rings is 1. The quantitative estimate of drug-likeness (QED) is 0.138. The maximum Gasteiger partial charge on any atom is 0.343 e. The topological polar surface area (TPSA) is 124 Å². The molecule has 0 bridgehead atoms. The Labute approximate surface area is 311 Å². The lowest BCUT2D eigenvalue weighted by molar-refractivity contribution is -0.143. The highest BCUT2D eigenvalue weighted by molar-refractivity contribution is 9.10. The Bertz CT molecular complexity index is 2140. The van der Waals surface area contributed by atoms with Crippen molar-refractivity contribution < 1.29 is 38.0 Å². The molecule has 2 heterocycles. The van der Waals surface area contributed by atoms with E-state index >= 15 is 0 Å². The number of aromatic nitrogens is 1. The zero-order chi connectivity index (χ0) is 36.7. The highest BCUT2D eigenvalue weighted by atomic mass is 79.9. The monoisotopic (exact) mass is 798 g/mol. The van der Waals surface area contributed by atoms with Gasteiger partial charge in [0.1, 0.15) is 6.61 Å². The number of rotatable bonds is 14. The summed E-state index contributed by atoms with van der Waals surface area (Å²) in [6, 6.07) is 15.1. The Morgan fingerprint density at radius 3 is 2.35 bits per heavy atom. The number of fused-ring (bicyclic) bond motifs is 1. The zero-order valence-corrected chi connectivity index (χ0v) is 31.8. The van der Waals surface area contributed by atoms with Crippen molar-refractivity contribution in [2.24, 2.45) is 4.99 Å². The number of benzene rings is 3. The molecule has 0 radical (unpaired) electrons. The Hall–Kier alpha value is -4.59. The lowest BCUT2D eigenvalue weighted by atomic mass is 9.95. The number of allylic oxidation sites excluding steroid dienone is 1. The molecule has 0 unspecified atom stereocenters. The summed E-state index contributed by atoms with van der Waals surface area (Å²) in [5.41, 5.74) is 2.43. The van der Waals surface area contributed by atoms with E-state index in [4.69, 9.17) is 40.0 Å². The number of carbonyl (C=O) groups excluding carboxylic acids is 2. The number of hydrogen-bond acceptors (Lipinski definition) is 11. The average molecular weight is 800 g/mol. The second kappa shape index (κ2) is 17.1. The molecular weight excluding hydrogens is 764 g/mol. The summed E-state index contributed by atoms with van der Waals surface area (Å²) in [4.78, 5) is 44.5. The number of ether oxygens (including phenoxy) is 6. The van der Waals surface area contributed by atoms with E-state index < -0.39 is 18.0 Å². The average Bonchev–Trinajstić information content (AvgIpc) is 3.41. The molecule has 268 valence electrons. The Morgan fingerprint density at radius 1 is 0.941 bits per heavy atom. The third kappa shape index (κ3) is 8.66. The minimum Gasteiger partial charge on any atom is -0.490 e. The lowest BCUT2D eigenvalue weighted by Crippen LogP contribution is -2.40. The Kier molecular flexibility index (Phi) is 12.6. The minimum absolute atomic E-state index is 0.133. The van der Waals surface area contributed by atoms with Crippen molar-refractivity contribution in [2.75, 3.05) is 33.5 Å². The molecule has 51 heavy (non-hydrogen) atoms. The van der Waals surface area contributed by atoms with Crippen LogP contribution in [0.3, 0.4) is 0 Å². The van der Waals surface area contributed by atoms with Gasteiger partial charge in [-0.15, -0.1) is 0 Å². The Balaban J connectivity index is 1.59. The van der Waals surface area contributed by atoms with E-state index in [1.807, 2.05) is 32.0 Å². The largest absolute Gasteiger partial charge is 0.490 e. The smallest absolute Gasteiger partial charge is 0.343 e. The summed E-state index contributed by atoms with van der Waals surface area (Å²) in [7, 11) is 1.27. The van der Waals surface area contributed by atoms with Gasteiger partial charge in [0.15, 0.2) is 34.4 Å². The van der Waals surface area contributed by atoms with Crippen molar-refractivity contribution in [3.63, 3.8) is 0 Å². The lowest BCUT2D eigenvalue weighted by Gasteiger charge is -2.25. The first-order chi connectivity index (χ1) is 24.6. The number of hydrogen-bond donors (Lipinski definition) is 0. The third-order valence-corrected chi connectivity index (χ3v) is 9.42. The van der Waals surface area contributed by atoms with Crippen molar-refractivity contribution in [1.82, 2.24) is 4.57 Å². The second-order valence-corrected chi connectivity index (χ2v) is 13.3. The number of esters is 2. The molecular formula is C37H36BrClN2O9S. The molecule has 0 N–H and O–H groups in total. The minimum atomic E-state index is -0.898. The molecule has 0 aliphatic carbocycles. The van der Waals surface area contributed by atoms with Crippen molar-refractivity contribution in [3.8, 4) is 23.0 Å². The number of nitrogens with zero attached hydrogens (tertiary/aromatic N) is 2. The van der Waals surface area contributed by atoms with Crippen LogP contribution in [0.4, 0.5) is 0 Å². The Morgan fingerprint density at radius 2 is 1.67 bits per heavy atom. The number of carbonyl (C=O) groups is 2. The molecule has 4 aromatic rings. The van der Waals surface area contributed by atoms with E-state index in [1.165, 1.54) is 23.0 Å². The van der Waals surface area contributed by atoms with Gasteiger partial charge in [0, 0.05) is 5.02 Å². The highest BCUT2D eigenvalue weighted by Crippen LogP contribution is 2.39. The number of methoxy groups -OCH3 is 1. The van der Waals surface area contributed by atoms with Gasteiger partial charge in [-0.05, 0) is 103 Å². The maximum atomic E-state index is 14.3. The third-order valence-electron chi connectivity index (χ3n) is 7.60. The van der Waals surface area contributed by atoms with Crippen molar-refractivity contribution in [2.45, 2.75) is 40.3 Å². The SMILES string of the molecule is CCOC(=O)C1=C(C)N=c2s/c(=C/c3cc(Br)c(OCc4ccc(Cl)cc4)c(OCC)c3)c(=O)n2[C@@H]1c1ccc(OCC(=O)OC)c(OCC)c1. The molecule has 11 nitrogen and oxygen atoms in total. The molecule has 0 fully saturated rings. The van der Waals surface area contributed by atoms with Gasteiger partial charge in [0.05, 0.1) is 53.2 Å². The van der Waals surface area contributed by atoms with Crippen LogP contribution in [0, 0.1) is 0 Å². The van der Waals surface area contributed by atoms with Crippen molar-refractivity contribution in [1.29, 1.82) is 0 Å². The fourth-order valence-corrected chi connectivity index (χ4v) is 7.09. The van der Waals surface area contributed by atoms with Crippen LogP contribution < -0.4 is 33.8 Å². The van der Waals surface area contributed by atoms with Crippen LogP contribution in [0.15, 0.2) is 80.1 Å². The zero-order valence-electron chi connectivity index (χ0n) is 28.6. The molecule has 1 aliphatic rings. The van der Waals surface area contributed by atoms with E-state index in [1.54, 1.807) is 56.3 Å². The van der Waals surface area contributed by atoms with Gasteiger partial charge < -0.3 is 28.4 Å². The number of halogens is 2. The van der Waals surface area contributed by atoms with Gasteiger partial charge in [0.25, 0.3) is 5.56 Å². The molecule has 0 amide bonds. The van der Waals surface area contributed by atoms with E-state index in [2.05, 4.69) is 20.9 Å². The van der Waals surface area contributed by atoms with Crippen LogP contribution in [0.1, 0.15) is 50.4 Å². The summed E-state index contributed by atoms with van der Waals surface area (Å²) in [6.07, 6.45) is 1.75. The van der Waals surface area contributed by atoms with E-state index in [0.29, 0.717) is 78.5 Å². The predicted molar refractivity (Wildman–Crippen MR) is 197 cm³/mol. The second-order valence-electron chi connectivity index (χ2n) is 11.0. The van der Waals surface area contributed by atoms with Crippen molar-refractivity contribution >= 4 is 56.9 Å². The van der Waals surface area contributed by atoms with Gasteiger partial charge in [-0.1, -0.05) is 41.1 Å². The van der Waals surface area contributed by atoms with Gasteiger partial charge in [-0.2, -0.15) is 0 Å². The van der Waals surface area contributed by atoms with E-state index in [0.717, 1.165) is 5.56 Å². The fourth-order valence-electron chi connectivity index (χ4n) is 5.35. The molecule has 5 rings (SSSR count). The van der Waals surface area contributed by atoms with Gasteiger partial charge in [-0.25, -0.2) is 14.6 Å². The van der Waals surface area contributed by atoms with E-state index in [9.17, 15) is 14.4 Å². The molecule has 0 spiro atoms. The summed E-state index contributed by atoms with van der Waals surface area (Å²) >= 11 is 10.8. The summed E-state index contributed by atoms with van der Waals surface area (Å²) in [6.45, 7) is 7.89. The van der Waals surface area contributed by atoms with Crippen LogP contribution >= 0.6 is 38.9 Å². The first-order valence-electron chi connectivity index (χ1n) is 16.1. The predicted octanol–water partition coefficient (Wildman–Crippen LogP) is 6.14. The van der Waals surface area contributed by atoms with Gasteiger partial charge >= 0.3 is 11.9 Å². The summed E-state index contributed by atoms with van der Waals surface area (Å²) in [5.74, 6) is 0.484.